The topological polar surface area (TPSA) is 61.8 Å². The number of nitrogens with one attached hydrogen (secondary N) is 1. The zero-order valence-electron chi connectivity index (χ0n) is 18.3. The van der Waals surface area contributed by atoms with E-state index in [4.69, 9.17) is 28.2 Å². The van der Waals surface area contributed by atoms with Gasteiger partial charge in [-0.05, 0) is 30.2 Å². The number of amides is 2. The third kappa shape index (κ3) is 4.95. The van der Waals surface area contributed by atoms with E-state index in [1.54, 1.807) is 37.1 Å². The predicted molar refractivity (Wildman–Crippen MR) is 133 cm³/mol. The molecule has 3 aromatic carbocycles. The van der Waals surface area contributed by atoms with Crippen molar-refractivity contribution in [3.05, 3.63) is 99.5 Å². The highest BCUT2D eigenvalue weighted by atomic mass is 35.5. The van der Waals surface area contributed by atoms with Gasteiger partial charge >= 0.3 is 0 Å². The number of para-hydroxylation sites is 1. The Labute approximate surface area is 203 Å². The Morgan fingerprint density at radius 1 is 1.06 bits per heavy atom. The summed E-state index contributed by atoms with van der Waals surface area (Å²) in [6, 6.07) is 22.4. The number of hydrogen-bond acceptors (Lipinski definition) is 3. The number of likely N-dealkylation sites (N-methyl/N-ethyl adjacent to an activating group) is 1. The first-order valence-electron chi connectivity index (χ1n) is 10.6. The average molecular weight is 480 g/mol. The fraction of sp³-hybridized carbons (Fsp3) is 0.192. The number of halogens is 2. The molecule has 7 heteroatoms. The fourth-order valence-electron chi connectivity index (χ4n) is 3.83. The van der Waals surface area contributed by atoms with Gasteiger partial charge in [0.05, 0.1) is 11.4 Å². The second kappa shape index (κ2) is 9.77. The highest BCUT2D eigenvalue weighted by Gasteiger charge is 2.31. The third-order valence-corrected chi connectivity index (χ3v) is 6.25. The number of anilines is 1. The Morgan fingerprint density at radius 2 is 1.76 bits per heavy atom. The number of hydrogen-bond donors (Lipinski definition) is 1. The van der Waals surface area contributed by atoms with Crippen molar-refractivity contribution >= 4 is 46.4 Å². The smallest absolute Gasteiger partial charge is 0.272 e. The summed E-state index contributed by atoms with van der Waals surface area (Å²) in [5.41, 5.74) is 3.91. The summed E-state index contributed by atoms with van der Waals surface area (Å²) in [4.78, 5) is 32.6. The van der Waals surface area contributed by atoms with Crippen molar-refractivity contribution in [1.82, 2.24) is 5.32 Å². The van der Waals surface area contributed by atoms with E-state index in [0.717, 1.165) is 22.4 Å². The lowest BCUT2D eigenvalue weighted by Gasteiger charge is -2.22. The summed E-state index contributed by atoms with van der Waals surface area (Å²) >= 11 is 12.2. The van der Waals surface area contributed by atoms with Crippen molar-refractivity contribution < 1.29 is 9.59 Å². The normalized spacial score (nSPS) is 16.5. The number of benzene rings is 3. The van der Waals surface area contributed by atoms with E-state index in [9.17, 15) is 9.59 Å². The standard InChI is InChI=1S/C26H23Cl2N3O2/c1-16(14-18-12-13-19(27)15-21(18)28)25(32)30-24-26(33)31(2)22-11-7-6-10-20(22)23(29-24)17-8-4-3-5-9-17/h3-13,15-16,24H,14H2,1-2H3,(H,30,32)/t16?,24-/m1/s1. The Bertz CT molecular complexity index is 1230. The summed E-state index contributed by atoms with van der Waals surface area (Å²) in [6.07, 6.45) is -0.637. The van der Waals surface area contributed by atoms with Crippen LogP contribution in [0.15, 0.2) is 77.8 Å². The van der Waals surface area contributed by atoms with Crippen LogP contribution in [0, 0.1) is 5.92 Å². The van der Waals surface area contributed by atoms with Crippen molar-refractivity contribution in [2.45, 2.75) is 19.5 Å². The molecule has 0 spiro atoms. The molecule has 0 fully saturated rings. The number of benzodiazepines with no additional fused rings is 1. The van der Waals surface area contributed by atoms with Crippen molar-refractivity contribution in [2.24, 2.45) is 10.9 Å². The van der Waals surface area contributed by atoms with Crippen LogP contribution >= 0.6 is 23.2 Å². The molecule has 2 amide bonds. The van der Waals surface area contributed by atoms with Gasteiger partial charge in [0.15, 0.2) is 0 Å². The number of carbonyl (C=O) groups is 2. The molecule has 3 aromatic rings. The van der Waals surface area contributed by atoms with Crippen LogP contribution in [-0.2, 0) is 16.0 Å². The van der Waals surface area contributed by atoms with E-state index >= 15 is 0 Å². The van der Waals surface area contributed by atoms with Gasteiger partial charge in [0.2, 0.25) is 12.1 Å². The zero-order valence-corrected chi connectivity index (χ0v) is 19.8. The first-order valence-corrected chi connectivity index (χ1v) is 11.3. The van der Waals surface area contributed by atoms with E-state index in [1.807, 2.05) is 54.6 Å². The van der Waals surface area contributed by atoms with E-state index in [2.05, 4.69) is 5.32 Å². The zero-order chi connectivity index (χ0) is 23.5. The molecule has 168 valence electrons. The fourth-order valence-corrected chi connectivity index (χ4v) is 4.31. The van der Waals surface area contributed by atoms with Crippen LogP contribution in [0.5, 0.6) is 0 Å². The highest BCUT2D eigenvalue weighted by Crippen LogP contribution is 2.27. The van der Waals surface area contributed by atoms with Gasteiger partial charge < -0.3 is 10.2 Å². The highest BCUT2D eigenvalue weighted by molar-refractivity contribution is 6.35. The van der Waals surface area contributed by atoms with Crippen molar-refractivity contribution in [2.75, 3.05) is 11.9 Å². The van der Waals surface area contributed by atoms with Gasteiger partial charge in [-0.2, -0.15) is 0 Å². The number of rotatable bonds is 5. The molecule has 2 atom stereocenters. The second-order valence-corrected chi connectivity index (χ2v) is 8.85. The van der Waals surface area contributed by atoms with Gasteiger partial charge in [0, 0.05) is 34.1 Å². The largest absolute Gasteiger partial charge is 0.326 e. The van der Waals surface area contributed by atoms with Crippen LogP contribution in [0.25, 0.3) is 0 Å². The minimum atomic E-state index is -1.05. The van der Waals surface area contributed by atoms with Crippen LogP contribution in [0.4, 0.5) is 5.69 Å². The van der Waals surface area contributed by atoms with E-state index in [-0.39, 0.29) is 11.8 Å². The van der Waals surface area contributed by atoms with Crippen molar-refractivity contribution in [1.29, 1.82) is 0 Å². The quantitative estimate of drug-likeness (QED) is 0.551. The molecule has 0 saturated carbocycles. The maximum atomic E-state index is 13.3. The maximum absolute atomic E-state index is 13.3. The number of fused-ring (bicyclic) bond motifs is 1. The minimum absolute atomic E-state index is 0.283. The third-order valence-electron chi connectivity index (χ3n) is 5.66. The molecular formula is C26H23Cl2N3O2. The maximum Gasteiger partial charge on any atom is 0.272 e. The van der Waals surface area contributed by atoms with Crippen LogP contribution in [0.1, 0.15) is 23.6 Å². The molecule has 1 unspecified atom stereocenters. The Kier molecular flexibility index (Phi) is 6.82. The van der Waals surface area contributed by atoms with E-state index in [1.165, 1.54) is 0 Å². The predicted octanol–water partition coefficient (Wildman–Crippen LogP) is 5.13. The van der Waals surface area contributed by atoms with Gasteiger partial charge in [-0.15, -0.1) is 0 Å². The molecule has 0 aromatic heterocycles. The average Bonchev–Trinajstić information content (AvgIpc) is 2.92. The lowest BCUT2D eigenvalue weighted by Crippen LogP contribution is -2.47. The molecule has 1 aliphatic heterocycles. The molecule has 33 heavy (non-hydrogen) atoms. The van der Waals surface area contributed by atoms with Crippen LogP contribution in [-0.4, -0.2) is 30.7 Å². The molecule has 4 rings (SSSR count). The molecule has 1 N–H and O–H groups in total. The molecule has 5 nitrogen and oxygen atoms in total. The second-order valence-electron chi connectivity index (χ2n) is 8.01. The molecule has 0 bridgehead atoms. The molecule has 0 radical (unpaired) electrons. The van der Waals surface area contributed by atoms with Gasteiger partial charge in [0.25, 0.3) is 5.91 Å². The van der Waals surface area contributed by atoms with Gasteiger partial charge in [0.1, 0.15) is 0 Å². The van der Waals surface area contributed by atoms with Gasteiger partial charge in [-0.25, -0.2) is 4.99 Å². The monoisotopic (exact) mass is 479 g/mol. The SMILES string of the molecule is CC(Cc1ccc(Cl)cc1Cl)C(=O)N[C@H]1N=C(c2ccccc2)c2ccccc2N(C)C1=O. The number of aliphatic imine (C=N–C) groups is 1. The summed E-state index contributed by atoms with van der Waals surface area (Å²) in [7, 11) is 1.70. The summed E-state index contributed by atoms with van der Waals surface area (Å²) in [6.45, 7) is 1.79. The minimum Gasteiger partial charge on any atom is -0.326 e. The van der Waals surface area contributed by atoms with Gasteiger partial charge in [-0.3, -0.25) is 9.59 Å². The van der Waals surface area contributed by atoms with Crippen molar-refractivity contribution in [3.8, 4) is 0 Å². The van der Waals surface area contributed by atoms with Crippen LogP contribution < -0.4 is 10.2 Å². The number of nitrogens with zero attached hydrogens (tertiary/aromatic N) is 2. The first-order chi connectivity index (χ1) is 15.8. The number of carbonyl (C=O) groups excluding carboxylic acids is 2. The van der Waals surface area contributed by atoms with E-state index < -0.39 is 12.1 Å². The first kappa shape index (κ1) is 23.0. The lowest BCUT2D eigenvalue weighted by atomic mass is 10.00. The Hall–Kier alpha value is -3.15. The summed E-state index contributed by atoms with van der Waals surface area (Å²) in [5.74, 6) is -1.02. The van der Waals surface area contributed by atoms with Gasteiger partial charge in [-0.1, -0.05) is 84.7 Å². The van der Waals surface area contributed by atoms with E-state index in [0.29, 0.717) is 22.2 Å². The molecule has 0 aliphatic carbocycles. The van der Waals surface area contributed by atoms with Crippen molar-refractivity contribution in [3.63, 3.8) is 0 Å². The Morgan fingerprint density at radius 3 is 2.48 bits per heavy atom. The van der Waals surface area contributed by atoms with Crippen LogP contribution in [0.2, 0.25) is 10.0 Å². The molecule has 1 heterocycles. The Balaban J connectivity index is 1.63. The van der Waals surface area contributed by atoms with Crippen LogP contribution in [0.3, 0.4) is 0 Å². The summed E-state index contributed by atoms with van der Waals surface area (Å²) in [5, 5.41) is 3.88. The summed E-state index contributed by atoms with van der Waals surface area (Å²) < 4.78 is 0. The molecule has 1 aliphatic rings. The molecule has 0 saturated heterocycles. The lowest BCUT2D eigenvalue weighted by molar-refractivity contribution is -0.129. The molecular weight excluding hydrogens is 457 g/mol.